The fraction of sp³-hybridized carbons (Fsp3) is 0.951. The van der Waals surface area contributed by atoms with Gasteiger partial charge < -0.3 is 40.2 Å². The predicted molar refractivity (Wildman–Crippen MR) is 206 cm³/mol. The van der Waals surface area contributed by atoms with E-state index in [2.05, 4.69) is 13.8 Å². The minimum absolute atomic E-state index is 0. The van der Waals surface area contributed by atoms with E-state index in [1.54, 1.807) is 0 Å². The molecule has 9 heteroatoms. The molecule has 4 N–H and O–H groups in total. The molecule has 0 aliphatic rings. The Morgan fingerprint density at radius 1 is 0.360 bits per heavy atom. The first-order valence-electron chi connectivity index (χ1n) is 20.6. The van der Waals surface area contributed by atoms with Crippen LogP contribution in [0.3, 0.4) is 0 Å². The number of aliphatic carboxylic acids is 2. The van der Waals surface area contributed by atoms with Crippen LogP contribution in [0.2, 0.25) is 0 Å². The summed E-state index contributed by atoms with van der Waals surface area (Å²) in [6, 6.07) is 0. The SMILES string of the molecule is CCCCCCCCCCCCCCCCCC(=O)[O-].CCCCCCCCCCCCCCCCCC(=O)[O-].OCC(CO)(CO)CO.[Ca+2]. The maximum Gasteiger partial charge on any atom is 2.00 e. The fourth-order valence-electron chi connectivity index (χ4n) is 5.58. The average molecular weight is 743 g/mol. The number of hydrogen-bond donors (Lipinski definition) is 4. The summed E-state index contributed by atoms with van der Waals surface area (Å²) in [5.41, 5.74) is -1.11. The molecule has 8 nitrogen and oxygen atoms in total. The van der Waals surface area contributed by atoms with E-state index in [1.165, 1.54) is 167 Å². The molecule has 0 amide bonds. The largest absolute Gasteiger partial charge is 2.00 e. The van der Waals surface area contributed by atoms with Crippen molar-refractivity contribution in [2.45, 2.75) is 219 Å². The minimum Gasteiger partial charge on any atom is -0.550 e. The Labute approximate surface area is 339 Å². The topological polar surface area (TPSA) is 161 Å². The number of carbonyl (C=O) groups excluding carboxylic acids is 2. The molecule has 0 aromatic rings. The number of rotatable bonds is 36. The van der Waals surface area contributed by atoms with Crippen LogP contribution in [0.5, 0.6) is 0 Å². The molecule has 0 spiro atoms. The van der Waals surface area contributed by atoms with Gasteiger partial charge in [0.25, 0.3) is 0 Å². The quantitative estimate of drug-likeness (QED) is 0.0378. The van der Waals surface area contributed by atoms with Crippen LogP contribution >= 0.6 is 0 Å². The molecule has 0 saturated heterocycles. The van der Waals surface area contributed by atoms with Gasteiger partial charge in [-0.05, 0) is 25.7 Å². The van der Waals surface area contributed by atoms with Gasteiger partial charge in [-0.15, -0.1) is 0 Å². The number of carbonyl (C=O) groups is 2. The molecule has 0 saturated carbocycles. The molecule has 0 atom stereocenters. The molecule has 50 heavy (non-hydrogen) atoms. The fourth-order valence-corrected chi connectivity index (χ4v) is 5.58. The van der Waals surface area contributed by atoms with Gasteiger partial charge in [-0.25, -0.2) is 0 Å². The second-order valence-corrected chi connectivity index (χ2v) is 14.3. The molecule has 0 radical (unpaired) electrons. The van der Waals surface area contributed by atoms with E-state index < -0.39 is 43.8 Å². The van der Waals surface area contributed by atoms with Crippen LogP contribution in [0.1, 0.15) is 219 Å². The molecular weight excluding hydrogens is 661 g/mol. The van der Waals surface area contributed by atoms with E-state index in [-0.39, 0.29) is 50.6 Å². The molecule has 0 unspecified atom stereocenters. The standard InChI is InChI=1S/2C18H36O2.C5H12O4.Ca/c2*1-2-3-4-5-6-7-8-9-10-11-12-13-14-15-16-17-18(19)20;6-1-5(2-7,3-8)4-9;/h2*2-17H2,1H3,(H,19,20);6-9H,1-4H2;/q;;;+2/p-2. The molecule has 0 bridgehead atoms. The number of carboxylic acid groups (broad SMARTS) is 2. The van der Waals surface area contributed by atoms with Crippen LogP contribution in [0.4, 0.5) is 0 Å². The summed E-state index contributed by atoms with van der Waals surface area (Å²) in [5, 5.41) is 54.4. The molecule has 0 heterocycles. The third kappa shape index (κ3) is 50.1. The van der Waals surface area contributed by atoms with Crippen LogP contribution < -0.4 is 10.2 Å². The Kier molecular flexibility index (Phi) is 55.7. The normalized spacial score (nSPS) is 10.8. The van der Waals surface area contributed by atoms with E-state index in [0.717, 1.165) is 25.7 Å². The van der Waals surface area contributed by atoms with Crippen molar-refractivity contribution in [3.63, 3.8) is 0 Å². The molecule has 0 rings (SSSR count). The van der Waals surface area contributed by atoms with Gasteiger partial charge in [0.15, 0.2) is 0 Å². The van der Waals surface area contributed by atoms with E-state index >= 15 is 0 Å². The molecule has 0 fully saturated rings. The smallest absolute Gasteiger partial charge is 0.550 e. The van der Waals surface area contributed by atoms with Crippen LogP contribution in [0.15, 0.2) is 0 Å². The van der Waals surface area contributed by atoms with Crippen molar-refractivity contribution in [3.8, 4) is 0 Å². The zero-order valence-electron chi connectivity index (χ0n) is 33.1. The van der Waals surface area contributed by atoms with Gasteiger partial charge in [-0.3, -0.25) is 0 Å². The number of carboxylic acids is 2. The van der Waals surface area contributed by atoms with E-state index in [0.29, 0.717) is 0 Å². The van der Waals surface area contributed by atoms with E-state index in [9.17, 15) is 19.8 Å². The second kappa shape index (κ2) is 49.0. The summed E-state index contributed by atoms with van der Waals surface area (Å²) < 4.78 is 0. The first-order chi connectivity index (χ1) is 23.8. The van der Waals surface area contributed by atoms with Crippen LogP contribution in [-0.4, -0.2) is 96.5 Å². The van der Waals surface area contributed by atoms with Gasteiger partial charge in [0, 0.05) is 11.9 Å². The zero-order valence-corrected chi connectivity index (χ0v) is 35.3. The minimum atomic E-state index is -1.11. The maximum absolute atomic E-state index is 10.2. The van der Waals surface area contributed by atoms with Crippen LogP contribution in [-0.2, 0) is 9.59 Å². The number of unbranched alkanes of at least 4 members (excludes halogenated alkanes) is 28. The van der Waals surface area contributed by atoms with Crippen molar-refractivity contribution in [3.05, 3.63) is 0 Å². The average Bonchev–Trinajstić information content (AvgIpc) is 3.10. The molecule has 296 valence electrons. The maximum atomic E-state index is 10.2. The van der Waals surface area contributed by atoms with Gasteiger partial charge in [-0.2, -0.15) is 0 Å². The Balaban J connectivity index is -0.000000336. The summed E-state index contributed by atoms with van der Waals surface area (Å²) >= 11 is 0. The number of hydrogen-bond acceptors (Lipinski definition) is 8. The first kappa shape index (κ1) is 56.8. The third-order valence-corrected chi connectivity index (χ3v) is 9.31. The van der Waals surface area contributed by atoms with Crippen molar-refractivity contribution in [1.82, 2.24) is 0 Å². The first-order valence-corrected chi connectivity index (χ1v) is 20.6. The Hall–Kier alpha value is 0.0397. The Morgan fingerprint density at radius 3 is 0.640 bits per heavy atom. The number of aliphatic hydroxyl groups excluding tert-OH is 4. The summed E-state index contributed by atoms with van der Waals surface area (Å²) in [5.74, 6) is -1.81. The Bertz CT molecular complexity index is 585. The molecule has 0 aromatic heterocycles. The summed E-state index contributed by atoms with van der Waals surface area (Å²) in [7, 11) is 0. The monoisotopic (exact) mass is 743 g/mol. The van der Waals surface area contributed by atoms with Gasteiger partial charge in [-0.1, -0.05) is 194 Å². The second-order valence-electron chi connectivity index (χ2n) is 14.3. The predicted octanol–water partition coefficient (Wildman–Crippen LogP) is 7.56. The van der Waals surface area contributed by atoms with Gasteiger partial charge in [0.2, 0.25) is 0 Å². The van der Waals surface area contributed by atoms with Crippen LogP contribution in [0.25, 0.3) is 0 Å². The van der Waals surface area contributed by atoms with Crippen LogP contribution in [0, 0.1) is 5.41 Å². The van der Waals surface area contributed by atoms with Gasteiger partial charge >= 0.3 is 37.7 Å². The molecule has 0 aliphatic carbocycles. The Morgan fingerprint density at radius 2 is 0.520 bits per heavy atom. The third-order valence-electron chi connectivity index (χ3n) is 9.31. The van der Waals surface area contributed by atoms with Crippen molar-refractivity contribution in [2.24, 2.45) is 5.41 Å². The van der Waals surface area contributed by atoms with Crippen molar-refractivity contribution >= 4 is 49.7 Å². The summed E-state index contributed by atoms with van der Waals surface area (Å²) in [6.07, 6.45) is 39.7. The summed E-state index contributed by atoms with van der Waals surface area (Å²) in [4.78, 5) is 20.4. The van der Waals surface area contributed by atoms with Crippen molar-refractivity contribution in [1.29, 1.82) is 0 Å². The van der Waals surface area contributed by atoms with E-state index in [1.807, 2.05) is 0 Å². The van der Waals surface area contributed by atoms with Gasteiger partial charge in [0.05, 0.1) is 31.8 Å². The molecule has 0 aromatic carbocycles. The van der Waals surface area contributed by atoms with Gasteiger partial charge in [0.1, 0.15) is 0 Å². The molecule has 0 aliphatic heterocycles. The zero-order chi connectivity index (χ0) is 37.1. The van der Waals surface area contributed by atoms with E-state index in [4.69, 9.17) is 20.4 Å². The van der Waals surface area contributed by atoms with Crippen molar-refractivity contribution < 1.29 is 40.2 Å². The number of aliphatic hydroxyl groups is 4. The molecular formula is C41H82CaO8. The van der Waals surface area contributed by atoms with Crippen molar-refractivity contribution in [2.75, 3.05) is 26.4 Å². The summed E-state index contributed by atoms with van der Waals surface area (Å²) in [6.45, 7) is 2.91.